The normalized spacial score (nSPS) is 10.3. The Hall–Kier alpha value is -2.76. The van der Waals surface area contributed by atoms with Gasteiger partial charge in [-0.15, -0.1) is 24.8 Å². The molecule has 4 rings (SSSR count). The summed E-state index contributed by atoms with van der Waals surface area (Å²) in [5, 5.41) is 3.26. The van der Waals surface area contributed by atoms with Crippen molar-refractivity contribution in [2.45, 2.75) is 6.42 Å². The first-order chi connectivity index (χ1) is 13.6. The lowest BCUT2D eigenvalue weighted by molar-refractivity contribution is 0.356. The molecule has 0 aliphatic rings. The highest BCUT2D eigenvalue weighted by molar-refractivity contribution is 5.89. The van der Waals surface area contributed by atoms with E-state index >= 15 is 0 Å². The summed E-state index contributed by atoms with van der Waals surface area (Å²) in [6.45, 7) is 0. The molecule has 0 spiro atoms. The molecule has 30 heavy (non-hydrogen) atoms. The Labute approximate surface area is 188 Å². The van der Waals surface area contributed by atoms with Gasteiger partial charge in [-0.2, -0.15) is 0 Å². The van der Waals surface area contributed by atoms with Crippen molar-refractivity contribution >= 4 is 52.3 Å². The van der Waals surface area contributed by atoms with Gasteiger partial charge in [-0.05, 0) is 40.8 Å². The second-order valence-corrected chi connectivity index (χ2v) is 6.96. The predicted molar refractivity (Wildman–Crippen MR) is 128 cm³/mol. The quantitative estimate of drug-likeness (QED) is 0.416. The molecule has 7 heteroatoms. The van der Waals surface area contributed by atoms with Crippen molar-refractivity contribution in [2.24, 2.45) is 0 Å². The van der Waals surface area contributed by atoms with E-state index in [1.54, 1.807) is 14.2 Å². The van der Waals surface area contributed by atoms with Gasteiger partial charge in [-0.25, -0.2) is 4.98 Å². The summed E-state index contributed by atoms with van der Waals surface area (Å²) in [4.78, 5) is 11.4. The van der Waals surface area contributed by atoms with Crippen LogP contribution >= 0.6 is 24.8 Å². The number of methoxy groups -OCH3 is 2. The summed E-state index contributed by atoms with van der Waals surface area (Å²) >= 11 is 0. The maximum atomic E-state index is 5.50. The highest BCUT2D eigenvalue weighted by Crippen LogP contribution is 2.34. The third kappa shape index (κ3) is 4.37. The van der Waals surface area contributed by atoms with Crippen molar-refractivity contribution in [3.05, 3.63) is 66.0 Å². The second-order valence-electron chi connectivity index (χ2n) is 6.96. The molecule has 0 atom stereocenters. The van der Waals surface area contributed by atoms with E-state index < -0.39 is 0 Å². The summed E-state index contributed by atoms with van der Waals surface area (Å²) in [6.07, 6.45) is 4.50. The van der Waals surface area contributed by atoms with Crippen LogP contribution in [-0.4, -0.2) is 38.3 Å². The summed E-state index contributed by atoms with van der Waals surface area (Å²) < 4.78 is 10.9. The van der Waals surface area contributed by atoms with E-state index in [1.165, 1.54) is 0 Å². The highest BCUT2D eigenvalue weighted by Gasteiger charge is 2.14. The van der Waals surface area contributed by atoms with Gasteiger partial charge in [0.1, 0.15) is 5.82 Å². The van der Waals surface area contributed by atoms with Crippen molar-refractivity contribution in [1.29, 1.82) is 0 Å². The molecule has 5 nitrogen and oxygen atoms in total. The zero-order valence-electron chi connectivity index (χ0n) is 17.4. The number of rotatable bonds is 5. The molecular formula is C23H25Cl2N3O2. The molecule has 0 aliphatic carbocycles. The van der Waals surface area contributed by atoms with Crippen molar-refractivity contribution < 1.29 is 9.47 Å². The number of hydrogen-bond donors (Lipinski definition) is 0. The third-order valence-corrected chi connectivity index (χ3v) is 4.93. The highest BCUT2D eigenvalue weighted by atomic mass is 35.5. The summed E-state index contributed by atoms with van der Waals surface area (Å²) in [5.74, 6) is 2.39. The number of hydrogen-bond acceptors (Lipinski definition) is 5. The van der Waals surface area contributed by atoms with Gasteiger partial charge in [0.25, 0.3) is 0 Å². The van der Waals surface area contributed by atoms with Crippen LogP contribution in [0.2, 0.25) is 0 Å². The zero-order chi connectivity index (χ0) is 19.7. The average Bonchev–Trinajstić information content (AvgIpc) is 2.72. The molecule has 0 aliphatic heterocycles. The molecule has 2 heterocycles. The van der Waals surface area contributed by atoms with E-state index in [4.69, 9.17) is 14.5 Å². The lowest BCUT2D eigenvalue weighted by atomic mass is 9.99. The van der Waals surface area contributed by atoms with Gasteiger partial charge in [0.05, 0.1) is 19.7 Å². The van der Waals surface area contributed by atoms with Gasteiger partial charge in [0.15, 0.2) is 11.5 Å². The Morgan fingerprint density at radius 1 is 0.833 bits per heavy atom. The minimum Gasteiger partial charge on any atom is -0.493 e. The molecule has 0 saturated heterocycles. The van der Waals surface area contributed by atoms with E-state index in [1.807, 2.05) is 56.8 Å². The maximum Gasteiger partial charge on any atom is 0.161 e. The van der Waals surface area contributed by atoms with Crippen LogP contribution in [0.15, 0.2) is 54.9 Å². The molecule has 0 saturated carbocycles. The van der Waals surface area contributed by atoms with Crippen molar-refractivity contribution in [2.75, 3.05) is 33.2 Å². The van der Waals surface area contributed by atoms with Crippen molar-refractivity contribution in [1.82, 2.24) is 9.97 Å². The van der Waals surface area contributed by atoms with Crippen molar-refractivity contribution in [3.8, 4) is 11.5 Å². The van der Waals surface area contributed by atoms with Gasteiger partial charge in [-0.1, -0.05) is 18.2 Å². The molecule has 0 bridgehead atoms. The molecule has 0 N–H and O–H groups in total. The molecule has 4 aromatic rings. The van der Waals surface area contributed by atoms with Crippen LogP contribution < -0.4 is 14.4 Å². The van der Waals surface area contributed by atoms with Crippen LogP contribution in [0.3, 0.4) is 0 Å². The first kappa shape index (κ1) is 23.5. The number of aromatic nitrogens is 2. The van der Waals surface area contributed by atoms with Gasteiger partial charge >= 0.3 is 0 Å². The standard InChI is InChI=1S/C23H23N3O2.2ClH/c1-26(2)23-16(9-15-7-5-6-8-20(15)25-23)10-17-13-24-14-18-11-21(27-3)22(28-4)12-19(17)18;;/h5-9,11-14H,10H2,1-4H3;2*1H. The maximum absolute atomic E-state index is 5.50. The van der Waals surface area contributed by atoms with E-state index in [-0.39, 0.29) is 24.8 Å². The van der Waals surface area contributed by atoms with Crippen LogP contribution in [0, 0.1) is 0 Å². The van der Waals surface area contributed by atoms with Gasteiger partial charge in [0, 0.05) is 43.7 Å². The first-order valence-corrected chi connectivity index (χ1v) is 9.15. The zero-order valence-corrected chi connectivity index (χ0v) is 19.0. The minimum absolute atomic E-state index is 0. The van der Waals surface area contributed by atoms with Gasteiger partial charge in [0.2, 0.25) is 0 Å². The Morgan fingerprint density at radius 3 is 2.23 bits per heavy atom. The van der Waals surface area contributed by atoms with E-state index in [0.717, 1.165) is 45.0 Å². The fraction of sp³-hybridized carbons (Fsp3) is 0.217. The fourth-order valence-electron chi connectivity index (χ4n) is 3.57. The Kier molecular flexibility index (Phi) is 7.71. The molecule has 0 amide bonds. The van der Waals surface area contributed by atoms with Crippen LogP contribution in [-0.2, 0) is 6.42 Å². The van der Waals surface area contributed by atoms with E-state index in [2.05, 4.69) is 22.0 Å². The smallest absolute Gasteiger partial charge is 0.161 e. The lowest BCUT2D eigenvalue weighted by Gasteiger charge is -2.18. The third-order valence-electron chi connectivity index (χ3n) is 4.93. The molecule has 2 aromatic carbocycles. The molecular weight excluding hydrogens is 421 g/mol. The first-order valence-electron chi connectivity index (χ1n) is 9.15. The largest absolute Gasteiger partial charge is 0.493 e. The summed E-state index contributed by atoms with van der Waals surface area (Å²) in [5.41, 5.74) is 3.28. The predicted octanol–water partition coefficient (Wildman–Crippen LogP) is 5.30. The van der Waals surface area contributed by atoms with Crippen LogP contribution in [0.4, 0.5) is 5.82 Å². The van der Waals surface area contributed by atoms with Crippen LogP contribution in [0.25, 0.3) is 21.7 Å². The Balaban J connectivity index is 0.00000160. The number of fused-ring (bicyclic) bond motifs is 2. The monoisotopic (exact) mass is 445 g/mol. The lowest BCUT2D eigenvalue weighted by Crippen LogP contribution is -2.13. The van der Waals surface area contributed by atoms with Gasteiger partial charge < -0.3 is 14.4 Å². The molecule has 0 radical (unpaired) electrons. The number of nitrogens with zero attached hydrogens (tertiary/aromatic N) is 3. The number of ether oxygens (including phenoxy) is 2. The Bertz CT molecular complexity index is 1170. The number of halogens is 2. The topological polar surface area (TPSA) is 47.5 Å². The Morgan fingerprint density at radius 2 is 1.53 bits per heavy atom. The number of pyridine rings is 2. The van der Waals surface area contributed by atoms with Gasteiger partial charge in [-0.3, -0.25) is 4.98 Å². The second kappa shape index (κ2) is 9.83. The SMILES string of the molecule is COc1cc2cncc(Cc3cc4ccccc4nc3N(C)C)c2cc1OC.Cl.Cl. The minimum atomic E-state index is 0. The average molecular weight is 446 g/mol. The molecule has 0 fully saturated rings. The number of benzene rings is 2. The fourth-order valence-corrected chi connectivity index (χ4v) is 3.57. The molecule has 0 unspecified atom stereocenters. The summed E-state index contributed by atoms with van der Waals surface area (Å²) in [6, 6.07) is 14.4. The number of para-hydroxylation sites is 1. The number of anilines is 1. The van der Waals surface area contributed by atoms with E-state index in [0.29, 0.717) is 11.5 Å². The summed E-state index contributed by atoms with van der Waals surface area (Å²) in [7, 11) is 7.35. The molecule has 2 aromatic heterocycles. The molecule has 158 valence electrons. The van der Waals surface area contributed by atoms with Crippen LogP contribution in [0.5, 0.6) is 11.5 Å². The van der Waals surface area contributed by atoms with Crippen LogP contribution in [0.1, 0.15) is 11.1 Å². The van der Waals surface area contributed by atoms with Crippen molar-refractivity contribution in [3.63, 3.8) is 0 Å². The van der Waals surface area contributed by atoms with E-state index in [9.17, 15) is 0 Å².